The van der Waals surface area contributed by atoms with Crippen molar-refractivity contribution in [3.8, 4) is 0 Å². The van der Waals surface area contributed by atoms with Gasteiger partial charge in [-0.25, -0.2) is 0 Å². The van der Waals surface area contributed by atoms with Crippen LogP contribution in [0.15, 0.2) is 0 Å². The highest BCUT2D eigenvalue weighted by Crippen LogP contribution is 2.37. The number of nitrogens with zero attached hydrogens (tertiary/aromatic N) is 1. The molecule has 1 saturated heterocycles. The van der Waals surface area contributed by atoms with Gasteiger partial charge in [0.2, 0.25) is 0 Å². The Morgan fingerprint density at radius 2 is 1.65 bits per heavy atom. The van der Waals surface area contributed by atoms with E-state index in [0.29, 0.717) is 11.8 Å². The minimum atomic E-state index is -0.461. The molecule has 4 heteroatoms. The summed E-state index contributed by atoms with van der Waals surface area (Å²) < 4.78 is 0. The average Bonchev–Trinajstić information content (AvgIpc) is 2.72. The molecular weight excluding hydrogens is 216 g/mol. The molecule has 1 aliphatic carbocycles. The summed E-state index contributed by atoms with van der Waals surface area (Å²) in [6, 6.07) is 0. The zero-order valence-electron chi connectivity index (χ0n) is 11.0. The van der Waals surface area contributed by atoms with Gasteiger partial charge in [-0.2, -0.15) is 0 Å². The monoisotopic (exact) mass is 238 g/mol. The normalized spacial score (nSPS) is 28.1. The van der Waals surface area contributed by atoms with Gasteiger partial charge >= 0.3 is 11.8 Å². The van der Waals surface area contributed by atoms with E-state index in [2.05, 4.69) is 5.32 Å². The first-order valence-corrected chi connectivity index (χ1v) is 6.48. The van der Waals surface area contributed by atoms with Gasteiger partial charge in [0, 0.05) is 18.6 Å². The van der Waals surface area contributed by atoms with E-state index in [1.54, 1.807) is 4.90 Å². The summed E-state index contributed by atoms with van der Waals surface area (Å²) >= 11 is 0. The van der Waals surface area contributed by atoms with Crippen molar-refractivity contribution in [1.82, 2.24) is 10.2 Å². The number of amides is 2. The Morgan fingerprint density at radius 3 is 2.12 bits per heavy atom. The molecule has 0 aromatic rings. The Kier molecular flexibility index (Phi) is 3.15. The third-order valence-corrected chi connectivity index (χ3v) is 3.70. The predicted molar refractivity (Wildman–Crippen MR) is 65.3 cm³/mol. The van der Waals surface area contributed by atoms with E-state index in [0.717, 1.165) is 13.1 Å². The van der Waals surface area contributed by atoms with Crippen LogP contribution in [0.3, 0.4) is 0 Å². The second-order valence-corrected chi connectivity index (χ2v) is 6.37. The lowest BCUT2D eigenvalue weighted by atomic mass is 10.0. The molecule has 17 heavy (non-hydrogen) atoms. The topological polar surface area (TPSA) is 49.4 Å². The molecule has 0 aromatic heterocycles. The Labute approximate surface area is 103 Å². The third-order valence-electron chi connectivity index (χ3n) is 3.70. The Hall–Kier alpha value is -1.06. The molecule has 0 unspecified atom stereocenters. The molecule has 0 aromatic carbocycles. The molecule has 2 atom stereocenters. The van der Waals surface area contributed by atoms with Crippen molar-refractivity contribution >= 4 is 11.8 Å². The lowest BCUT2D eigenvalue weighted by molar-refractivity contribution is -0.146. The Morgan fingerprint density at radius 1 is 1.12 bits per heavy atom. The number of nitrogens with one attached hydrogen (secondary N) is 1. The van der Waals surface area contributed by atoms with Crippen LogP contribution in [0.4, 0.5) is 0 Å². The summed E-state index contributed by atoms with van der Waals surface area (Å²) in [5.74, 6) is 0.467. The first-order valence-electron chi connectivity index (χ1n) is 6.48. The Bertz CT molecular complexity index is 321. The number of hydrogen-bond acceptors (Lipinski definition) is 2. The van der Waals surface area contributed by atoms with Gasteiger partial charge < -0.3 is 10.2 Å². The van der Waals surface area contributed by atoms with E-state index < -0.39 is 5.91 Å². The van der Waals surface area contributed by atoms with Gasteiger partial charge in [0.05, 0.1) is 0 Å². The fraction of sp³-hybridized carbons (Fsp3) is 0.846. The minimum absolute atomic E-state index is 0.345. The van der Waals surface area contributed by atoms with Crippen LogP contribution < -0.4 is 5.32 Å². The van der Waals surface area contributed by atoms with E-state index in [-0.39, 0.29) is 11.4 Å². The van der Waals surface area contributed by atoms with Crippen LogP contribution in [0.25, 0.3) is 0 Å². The summed E-state index contributed by atoms with van der Waals surface area (Å²) in [5.41, 5.74) is -0.345. The first-order chi connectivity index (χ1) is 7.87. The van der Waals surface area contributed by atoms with Crippen molar-refractivity contribution in [3.05, 3.63) is 0 Å². The van der Waals surface area contributed by atoms with Crippen molar-refractivity contribution in [3.63, 3.8) is 0 Å². The molecule has 96 valence electrons. The van der Waals surface area contributed by atoms with E-state index >= 15 is 0 Å². The summed E-state index contributed by atoms with van der Waals surface area (Å²) in [6.07, 6.45) is 3.72. The third kappa shape index (κ3) is 2.79. The molecule has 2 rings (SSSR count). The maximum atomic E-state index is 12.0. The van der Waals surface area contributed by atoms with Gasteiger partial charge in [-0.1, -0.05) is 6.42 Å². The average molecular weight is 238 g/mol. The molecular formula is C13H22N2O2. The molecule has 1 heterocycles. The van der Waals surface area contributed by atoms with E-state index in [1.807, 2.05) is 20.8 Å². The van der Waals surface area contributed by atoms with Gasteiger partial charge in [-0.15, -0.1) is 0 Å². The fourth-order valence-corrected chi connectivity index (χ4v) is 2.94. The first kappa shape index (κ1) is 12.4. The molecule has 0 bridgehead atoms. The molecule has 2 fully saturated rings. The van der Waals surface area contributed by atoms with Crippen LogP contribution >= 0.6 is 0 Å². The van der Waals surface area contributed by atoms with Crippen LogP contribution in [0.5, 0.6) is 0 Å². The van der Waals surface area contributed by atoms with Gasteiger partial charge in [-0.05, 0) is 45.4 Å². The molecule has 4 nitrogen and oxygen atoms in total. The largest absolute Gasteiger partial charge is 0.343 e. The van der Waals surface area contributed by atoms with Gasteiger partial charge in [0.25, 0.3) is 0 Å². The minimum Gasteiger partial charge on any atom is -0.343 e. The fourth-order valence-electron chi connectivity index (χ4n) is 2.94. The van der Waals surface area contributed by atoms with Crippen LogP contribution in [-0.2, 0) is 9.59 Å². The number of rotatable bonds is 0. The van der Waals surface area contributed by atoms with E-state index in [9.17, 15) is 9.59 Å². The molecule has 1 aliphatic heterocycles. The van der Waals surface area contributed by atoms with Crippen LogP contribution in [-0.4, -0.2) is 35.3 Å². The lowest BCUT2D eigenvalue weighted by Gasteiger charge is -2.23. The maximum absolute atomic E-state index is 12.0. The van der Waals surface area contributed by atoms with Crippen molar-refractivity contribution in [2.75, 3.05) is 13.1 Å². The van der Waals surface area contributed by atoms with Crippen molar-refractivity contribution in [2.24, 2.45) is 11.8 Å². The molecule has 0 spiro atoms. The molecule has 0 radical (unpaired) electrons. The van der Waals surface area contributed by atoms with Gasteiger partial charge in [0.15, 0.2) is 0 Å². The smallest absolute Gasteiger partial charge is 0.311 e. The molecule has 1 saturated carbocycles. The maximum Gasteiger partial charge on any atom is 0.311 e. The lowest BCUT2D eigenvalue weighted by Crippen LogP contribution is -2.49. The number of carbonyl (C=O) groups is 2. The van der Waals surface area contributed by atoms with Gasteiger partial charge in [-0.3, -0.25) is 9.59 Å². The van der Waals surface area contributed by atoms with Gasteiger partial charge in [0.1, 0.15) is 0 Å². The van der Waals surface area contributed by atoms with Crippen LogP contribution in [0, 0.1) is 11.8 Å². The highest BCUT2D eigenvalue weighted by atomic mass is 16.2. The van der Waals surface area contributed by atoms with E-state index in [1.165, 1.54) is 19.3 Å². The van der Waals surface area contributed by atoms with Crippen molar-refractivity contribution < 1.29 is 9.59 Å². The zero-order chi connectivity index (χ0) is 12.6. The zero-order valence-corrected chi connectivity index (χ0v) is 11.0. The second kappa shape index (κ2) is 4.31. The quantitative estimate of drug-likeness (QED) is 0.644. The van der Waals surface area contributed by atoms with Crippen LogP contribution in [0.1, 0.15) is 40.0 Å². The predicted octanol–water partition coefficient (Wildman–Crippen LogP) is 1.16. The number of fused-ring (bicyclic) bond motifs is 1. The van der Waals surface area contributed by atoms with E-state index in [4.69, 9.17) is 0 Å². The second-order valence-electron chi connectivity index (χ2n) is 6.37. The molecule has 1 N–H and O–H groups in total. The number of hydrogen-bond donors (Lipinski definition) is 1. The molecule has 2 amide bonds. The highest BCUT2D eigenvalue weighted by molar-refractivity contribution is 6.35. The summed E-state index contributed by atoms with van der Waals surface area (Å²) in [6.45, 7) is 7.22. The highest BCUT2D eigenvalue weighted by Gasteiger charge is 2.39. The Balaban J connectivity index is 1.91. The summed E-state index contributed by atoms with van der Waals surface area (Å²) in [4.78, 5) is 25.5. The summed E-state index contributed by atoms with van der Waals surface area (Å²) in [5, 5.41) is 2.73. The number of carbonyl (C=O) groups excluding carboxylic acids is 2. The van der Waals surface area contributed by atoms with Crippen molar-refractivity contribution in [1.29, 1.82) is 0 Å². The summed E-state index contributed by atoms with van der Waals surface area (Å²) in [7, 11) is 0. The van der Waals surface area contributed by atoms with Crippen molar-refractivity contribution in [2.45, 2.75) is 45.6 Å². The molecule has 2 aliphatic rings. The SMILES string of the molecule is CC(C)(C)NC(=O)C(=O)N1C[C@H]2CCC[C@H]2C1. The number of likely N-dealkylation sites (tertiary alicyclic amines) is 1. The standard InChI is InChI=1S/C13H22N2O2/c1-13(2,3)14-11(16)12(17)15-7-9-5-4-6-10(9)8-15/h9-10H,4-8H2,1-3H3,(H,14,16)/t9-,10+. The van der Waals surface area contributed by atoms with Crippen LogP contribution in [0.2, 0.25) is 0 Å².